The van der Waals surface area contributed by atoms with Gasteiger partial charge in [-0.3, -0.25) is 9.59 Å². The second kappa shape index (κ2) is 9.39. The maximum Gasteiger partial charge on any atom is 0.274 e. The maximum atomic E-state index is 13.6. The van der Waals surface area contributed by atoms with Gasteiger partial charge in [0.25, 0.3) is 11.8 Å². The van der Waals surface area contributed by atoms with Crippen LogP contribution in [0.15, 0.2) is 78.5 Å². The first kappa shape index (κ1) is 21.2. The number of benzene rings is 3. The molecule has 0 atom stereocenters. The van der Waals surface area contributed by atoms with Gasteiger partial charge in [-0.25, -0.2) is 0 Å². The number of carbonyl (C=O) groups excluding carboxylic acids is 2. The molecule has 3 aromatic carbocycles. The van der Waals surface area contributed by atoms with Gasteiger partial charge in [-0.2, -0.15) is 0 Å². The molecule has 1 aliphatic heterocycles. The maximum absolute atomic E-state index is 13.6. The fraction of sp³-hybridized carbons (Fsp3) is 0.154. The highest BCUT2D eigenvalue weighted by atomic mass is 16.5. The number of nitrogens with one attached hydrogen (secondary N) is 1. The van der Waals surface area contributed by atoms with E-state index in [1.165, 1.54) is 7.11 Å². The minimum absolute atomic E-state index is 0.155. The Morgan fingerprint density at radius 1 is 0.875 bits per heavy atom. The summed E-state index contributed by atoms with van der Waals surface area (Å²) < 4.78 is 10.7. The number of hydrogen-bond donors (Lipinski definition) is 1. The van der Waals surface area contributed by atoms with Gasteiger partial charge in [-0.1, -0.05) is 48.5 Å². The number of para-hydroxylation sites is 3. The largest absolute Gasteiger partial charge is 0.496 e. The Labute approximate surface area is 187 Å². The lowest BCUT2D eigenvalue weighted by molar-refractivity contribution is -0.115. The van der Waals surface area contributed by atoms with Crippen LogP contribution in [0.4, 0.5) is 5.69 Å². The molecule has 3 aromatic rings. The number of methoxy groups -OCH3 is 2. The summed E-state index contributed by atoms with van der Waals surface area (Å²) in [6.45, 7) is 0.548. The van der Waals surface area contributed by atoms with Gasteiger partial charge < -0.3 is 19.7 Å². The van der Waals surface area contributed by atoms with Gasteiger partial charge >= 0.3 is 0 Å². The number of hydrogen-bond acceptors (Lipinski definition) is 4. The smallest absolute Gasteiger partial charge is 0.274 e. The highest BCUT2D eigenvalue weighted by Crippen LogP contribution is 2.29. The molecule has 0 radical (unpaired) electrons. The van der Waals surface area contributed by atoms with Crippen molar-refractivity contribution in [3.05, 3.63) is 95.2 Å². The summed E-state index contributed by atoms with van der Waals surface area (Å²) in [6, 6.07) is 22.0. The second-order valence-electron chi connectivity index (χ2n) is 7.29. The first-order valence-electron chi connectivity index (χ1n) is 10.3. The number of carbonyl (C=O) groups is 2. The molecule has 0 saturated carbocycles. The van der Waals surface area contributed by atoms with Crippen LogP contribution in [0.5, 0.6) is 11.5 Å². The minimum atomic E-state index is -0.426. The van der Waals surface area contributed by atoms with E-state index in [2.05, 4.69) is 5.32 Å². The Morgan fingerprint density at radius 3 is 2.31 bits per heavy atom. The molecule has 1 heterocycles. The Balaban J connectivity index is 1.73. The van der Waals surface area contributed by atoms with Crippen molar-refractivity contribution in [2.75, 3.05) is 25.7 Å². The summed E-state index contributed by atoms with van der Waals surface area (Å²) in [6.07, 6.45) is 2.42. The Bertz CT molecular complexity index is 1190. The summed E-state index contributed by atoms with van der Waals surface area (Å²) in [4.78, 5) is 28.4. The van der Waals surface area contributed by atoms with Crippen LogP contribution in [0.25, 0.3) is 6.08 Å². The standard InChI is InChI=1S/C26H24N2O4/c1-31-23-13-7-4-10-19(23)17-21(27-25(29)20-11-5-8-14-24(20)32-2)26(30)28-16-15-18-9-3-6-12-22(18)28/h3-14,17H,15-16H2,1-2H3,(H,27,29). The van der Waals surface area contributed by atoms with Crippen molar-refractivity contribution >= 4 is 23.6 Å². The van der Waals surface area contributed by atoms with E-state index in [1.54, 1.807) is 48.4 Å². The van der Waals surface area contributed by atoms with Crippen molar-refractivity contribution in [1.29, 1.82) is 0 Å². The van der Waals surface area contributed by atoms with Crippen LogP contribution >= 0.6 is 0 Å². The van der Waals surface area contributed by atoms with Crippen molar-refractivity contribution in [2.24, 2.45) is 0 Å². The van der Waals surface area contributed by atoms with Crippen LogP contribution in [0.2, 0.25) is 0 Å². The van der Waals surface area contributed by atoms with Crippen molar-refractivity contribution in [1.82, 2.24) is 5.32 Å². The first-order valence-corrected chi connectivity index (χ1v) is 10.3. The average molecular weight is 428 g/mol. The lowest BCUT2D eigenvalue weighted by Crippen LogP contribution is -2.37. The summed E-state index contributed by atoms with van der Waals surface area (Å²) >= 11 is 0. The number of fused-ring (bicyclic) bond motifs is 1. The quantitative estimate of drug-likeness (QED) is 0.601. The Kier molecular flexibility index (Phi) is 6.22. The van der Waals surface area contributed by atoms with Crippen molar-refractivity contribution in [2.45, 2.75) is 6.42 Å². The van der Waals surface area contributed by atoms with Crippen LogP contribution in [0, 0.1) is 0 Å². The lowest BCUT2D eigenvalue weighted by atomic mass is 10.1. The van der Waals surface area contributed by atoms with E-state index in [1.807, 2.05) is 42.5 Å². The number of ether oxygens (including phenoxy) is 2. The van der Waals surface area contributed by atoms with Gasteiger partial charge in [-0.05, 0) is 42.3 Å². The van der Waals surface area contributed by atoms with E-state index < -0.39 is 5.91 Å². The Morgan fingerprint density at radius 2 is 1.53 bits per heavy atom. The van der Waals surface area contributed by atoms with Gasteiger partial charge in [0.15, 0.2) is 0 Å². The highest BCUT2D eigenvalue weighted by Gasteiger charge is 2.28. The zero-order valence-corrected chi connectivity index (χ0v) is 18.0. The fourth-order valence-corrected chi connectivity index (χ4v) is 3.81. The Hall–Kier alpha value is -4.06. The zero-order chi connectivity index (χ0) is 22.5. The first-order chi connectivity index (χ1) is 15.6. The van der Waals surface area contributed by atoms with E-state index in [-0.39, 0.29) is 11.6 Å². The van der Waals surface area contributed by atoms with Crippen LogP contribution in [-0.2, 0) is 11.2 Å². The van der Waals surface area contributed by atoms with Crippen LogP contribution < -0.4 is 19.7 Å². The molecule has 4 rings (SSSR count). The summed E-state index contributed by atoms with van der Waals surface area (Å²) in [7, 11) is 3.07. The van der Waals surface area contributed by atoms with Gasteiger partial charge in [-0.15, -0.1) is 0 Å². The molecule has 0 saturated heterocycles. The monoisotopic (exact) mass is 428 g/mol. The van der Waals surface area contributed by atoms with E-state index >= 15 is 0 Å². The molecule has 0 unspecified atom stereocenters. The molecule has 0 spiro atoms. The van der Waals surface area contributed by atoms with Crippen molar-refractivity contribution in [3.63, 3.8) is 0 Å². The molecular weight excluding hydrogens is 404 g/mol. The highest BCUT2D eigenvalue weighted by molar-refractivity contribution is 6.13. The zero-order valence-electron chi connectivity index (χ0n) is 18.0. The molecule has 1 aliphatic rings. The normalized spacial score (nSPS) is 12.8. The molecule has 0 aliphatic carbocycles. The topological polar surface area (TPSA) is 67.9 Å². The van der Waals surface area contributed by atoms with Gasteiger partial charge in [0.1, 0.15) is 17.2 Å². The SMILES string of the molecule is COc1ccccc1C=C(NC(=O)c1ccccc1OC)C(=O)N1CCc2ccccc21. The second-order valence-corrected chi connectivity index (χ2v) is 7.29. The van der Waals surface area contributed by atoms with Gasteiger partial charge in [0, 0.05) is 17.8 Å². The van der Waals surface area contributed by atoms with E-state index in [0.717, 1.165) is 17.7 Å². The molecule has 32 heavy (non-hydrogen) atoms. The molecular formula is C26H24N2O4. The summed E-state index contributed by atoms with van der Waals surface area (Å²) in [5.74, 6) is 0.320. The lowest BCUT2D eigenvalue weighted by Gasteiger charge is -2.20. The van der Waals surface area contributed by atoms with Crippen LogP contribution in [0.1, 0.15) is 21.5 Å². The molecule has 6 nitrogen and oxygen atoms in total. The number of amides is 2. The molecule has 6 heteroatoms. The third-order valence-corrected chi connectivity index (χ3v) is 5.40. The summed E-state index contributed by atoms with van der Waals surface area (Å²) in [5.41, 5.74) is 3.15. The average Bonchev–Trinajstić information content (AvgIpc) is 3.27. The van der Waals surface area contributed by atoms with Gasteiger partial charge in [0.2, 0.25) is 0 Å². The molecule has 0 fully saturated rings. The third kappa shape index (κ3) is 4.21. The predicted octanol–water partition coefficient (Wildman–Crippen LogP) is 4.06. The van der Waals surface area contributed by atoms with Crippen molar-refractivity contribution < 1.29 is 19.1 Å². The number of anilines is 1. The van der Waals surface area contributed by atoms with Crippen LogP contribution in [-0.4, -0.2) is 32.6 Å². The van der Waals surface area contributed by atoms with E-state index in [0.29, 0.717) is 29.2 Å². The third-order valence-electron chi connectivity index (χ3n) is 5.40. The minimum Gasteiger partial charge on any atom is -0.496 e. The number of rotatable bonds is 6. The molecule has 162 valence electrons. The molecule has 1 N–H and O–H groups in total. The van der Waals surface area contributed by atoms with Gasteiger partial charge in [0.05, 0.1) is 19.8 Å². The molecule has 0 bridgehead atoms. The van der Waals surface area contributed by atoms with Crippen molar-refractivity contribution in [3.8, 4) is 11.5 Å². The number of nitrogens with zero attached hydrogens (tertiary/aromatic N) is 1. The predicted molar refractivity (Wildman–Crippen MR) is 124 cm³/mol. The molecule has 2 amide bonds. The van der Waals surface area contributed by atoms with E-state index in [9.17, 15) is 9.59 Å². The summed E-state index contributed by atoms with van der Waals surface area (Å²) in [5, 5.41) is 2.81. The van der Waals surface area contributed by atoms with E-state index in [4.69, 9.17) is 9.47 Å². The molecule has 0 aromatic heterocycles. The fourth-order valence-electron chi connectivity index (χ4n) is 3.81. The van der Waals surface area contributed by atoms with Crippen LogP contribution in [0.3, 0.4) is 0 Å².